The van der Waals surface area contributed by atoms with Crippen molar-refractivity contribution in [1.82, 2.24) is 0 Å². The maximum atomic E-state index is 11.1. The van der Waals surface area contributed by atoms with Crippen molar-refractivity contribution in [3.8, 4) is 0 Å². The molecule has 0 bridgehead atoms. The number of anilines is 1. The second-order valence-corrected chi connectivity index (χ2v) is 3.11. The average molecular weight is 174 g/mol. The second kappa shape index (κ2) is 3.01. The summed E-state index contributed by atoms with van der Waals surface area (Å²) in [5.74, 6) is -0.0566. The second-order valence-electron chi connectivity index (χ2n) is 3.11. The smallest absolute Gasteiger partial charge is 0.246 e. The van der Waals surface area contributed by atoms with Crippen LogP contribution >= 0.6 is 0 Å². The highest BCUT2D eigenvalue weighted by molar-refractivity contribution is 6.01. The van der Waals surface area contributed by atoms with Crippen LogP contribution in [0.4, 0.5) is 5.69 Å². The first kappa shape index (κ1) is 7.98. The first-order chi connectivity index (χ1) is 6.25. The quantitative estimate of drug-likeness (QED) is 0.634. The summed E-state index contributed by atoms with van der Waals surface area (Å²) in [6.45, 7) is 2.23. The van der Waals surface area contributed by atoms with E-state index in [1.165, 1.54) is 5.56 Å². The number of nitrogens with one attached hydrogen (secondary N) is 1. The Morgan fingerprint density at radius 3 is 3.15 bits per heavy atom. The van der Waals surface area contributed by atoms with Gasteiger partial charge in [-0.05, 0) is 19.1 Å². The third-order valence-electron chi connectivity index (χ3n) is 1.95. The normalized spacial score (nSPS) is 14.7. The Labute approximate surface area is 76.5 Å². The largest absolute Gasteiger partial charge is 0.324 e. The van der Waals surface area contributed by atoms with Crippen molar-refractivity contribution in [3.63, 3.8) is 0 Å². The molecular formula is C10H10N2O. The van der Waals surface area contributed by atoms with Crippen LogP contribution in [0.1, 0.15) is 11.1 Å². The fraction of sp³-hybridized carbons (Fsp3) is 0.200. The number of hydrogen-bond acceptors (Lipinski definition) is 2. The Balaban J connectivity index is 2.49. The first-order valence-electron chi connectivity index (χ1n) is 4.16. The van der Waals surface area contributed by atoms with Gasteiger partial charge in [0.25, 0.3) is 0 Å². The van der Waals surface area contributed by atoms with Gasteiger partial charge in [0.1, 0.15) is 6.54 Å². The molecule has 66 valence electrons. The predicted molar refractivity (Wildman–Crippen MR) is 52.3 cm³/mol. The van der Waals surface area contributed by atoms with Crippen LogP contribution in [0.2, 0.25) is 0 Å². The number of hydrogen-bond donors (Lipinski definition) is 1. The summed E-state index contributed by atoms with van der Waals surface area (Å²) < 4.78 is 0. The zero-order chi connectivity index (χ0) is 9.26. The van der Waals surface area contributed by atoms with Gasteiger partial charge in [-0.1, -0.05) is 11.6 Å². The predicted octanol–water partition coefficient (Wildman–Crippen LogP) is 1.37. The van der Waals surface area contributed by atoms with Gasteiger partial charge in [0, 0.05) is 17.5 Å². The summed E-state index contributed by atoms with van der Waals surface area (Å²) in [6.07, 6.45) is 1.74. The third kappa shape index (κ3) is 1.59. The summed E-state index contributed by atoms with van der Waals surface area (Å²) in [5.41, 5.74) is 2.99. The van der Waals surface area contributed by atoms with E-state index in [4.69, 9.17) is 0 Å². The van der Waals surface area contributed by atoms with E-state index >= 15 is 0 Å². The number of aliphatic imine (C=N–C) groups is 1. The van der Waals surface area contributed by atoms with Gasteiger partial charge in [0.05, 0.1) is 0 Å². The van der Waals surface area contributed by atoms with Gasteiger partial charge in [0.2, 0.25) is 5.91 Å². The van der Waals surface area contributed by atoms with Crippen LogP contribution < -0.4 is 5.32 Å². The van der Waals surface area contributed by atoms with Crippen molar-refractivity contribution in [2.75, 3.05) is 11.9 Å². The molecule has 3 heteroatoms. The maximum absolute atomic E-state index is 11.1. The van der Waals surface area contributed by atoms with Gasteiger partial charge in [-0.15, -0.1) is 0 Å². The van der Waals surface area contributed by atoms with E-state index in [-0.39, 0.29) is 12.5 Å². The van der Waals surface area contributed by atoms with Crippen molar-refractivity contribution < 1.29 is 4.79 Å². The van der Waals surface area contributed by atoms with Gasteiger partial charge in [-0.2, -0.15) is 0 Å². The minimum absolute atomic E-state index is 0.0566. The number of amides is 1. The van der Waals surface area contributed by atoms with Crippen molar-refractivity contribution in [1.29, 1.82) is 0 Å². The molecule has 1 aliphatic rings. The number of benzene rings is 1. The number of fused-ring (bicyclic) bond motifs is 1. The lowest BCUT2D eigenvalue weighted by molar-refractivity contribution is -0.114. The molecule has 1 heterocycles. The fourth-order valence-electron chi connectivity index (χ4n) is 1.32. The summed E-state index contributed by atoms with van der Waals surface area (Å²) >= 11 is 0. The zero-order valence-electron chi connectivity index (χ0n) is 7.37. The molecule has 0 aliphatic carbocycles. The SMILES string of the molecule is Cc1ccc2c(c1)C=NCC(=O)N2. The minimum Gasteiger partial charge on any atom is -0.324 e. The topological polar surface area (TPSA) is 41.5 Å². The van der Waals surface area contributed by atoms with Gasteiger partial charge < -0.3 is 5.32 Å². The van der Waals surface area contributed by atoms with Crippen molar-refractivity contribution in [2.45, 2.75) is 6.92 Å². The van der Waals surface area contributed by atoms with E-state index in [1.54, 1.807) is 6.21 Å². The van der Waals surface area contributed by atoms with Gasteiger partial charge >= 0.3 is 0 Å². The minimum atomic E-state index is -0.0566. The molecule has 3 nitrogen and oxygen atoms in total. The number of aryl methyl sites for hydroxylation is 1. The molecular weight excluding hydrogens is 164 g/mol. The molecule has 0 atom stereocenters. The summed E-state index contributed by atoms with van der Waals surface area (Å²) in [7, 11) is 0. The van der Waals surface area contributed by atoms with Crippen LogP contribution in [0.25, 0.3) is 0 Å². The standard InChI is InChI=1S/C10H10N2O/c1-7-2-3-9-8(4-7)5-11-6-10(13)12-9/h2-5H,6H2,1H3,(H,12,13). The van der Waals surface area contributed by atoms with Gasteiger partial charge in [-0.3, -0.25) is 9.79 Å². The number of rotatable bonds is 0. The van der Waals surface area contributed by atoms with Gasteiger partial charge in [-0.25, -0.2) is 0 Å². The number of nitrogens with zero attached hydrogens (tertiary/aromatic N) is 1. The Morgan fingerprint density at radius 1 is 1.46 bits per heavy atom. The number of benzodiazepines with no additional fused rings is 1. The Morgan fingerprint density at radius 2 is 2.31 bits per heavy atom. The van der Waals surface area contributed by atoms with Crippen molar-refractivity contribution in [3.05, 3.63) is 29.3 Å². The number of carbonyl (C=O) groups excluding carboxylic acids is 1. The van der Waals surface area contributed by atoms with Crippen LogP contribution in [0.15, 0.2) is 23.2 Å². The molecule has 0 radical (unpaired) electrons. The lowest BCUT2D eigenvalue weighted by Gasteiger charge is -2.04. The van der Waals surface area contributed by atoms with E-state index in [0.29, 0.717) is 0 Å². The monoisotopic (exact) mass is 174 g/mol. The van der Waals surface area contributed by atoms with Crippen LogP contribution in [-0.4, -0.2) is 18.7 Å². The highest BCUT2D eigenvalue weighted by Gasteiger charge is 2.08. The average Bonchev–Trinajstić information content (AvgIpc) is 2.25. The lowest BCUT2D eigenvalue weighted by atomic mass is 10.1. The molecule has 0 fully saturated rings. The first-order valence-corrected chi connectivity index (χ1v) is 4.16. The zero-order valence-corrected chi connectivity index (χ0v) is 7.37. The highest BCUT2D eigenvalue weighted by Crippen LogP contribution is 2.16. The Bertz CT molecular complexity index is 383. The molecule has 1 N–H and O–H groups in total. The molecule has 1 aromatic carbocycles. The molecule has 0 saturated carbocycles. The molecule has 0 unspecified atom stereocenters. The van der Waals surface area contributed by atoms with Crippen LogP contribution in [0.5, 0.6) is 0 Å². The van der Waals surface area contributed by atoms with Crippen LogP contribution in [0, 0.1) is 6.92 Å². The van der Waals surface area contributed by atoms with E-state index in [2.05, 4.69) is 10.3 Å². The molecule has 2 rings (SSSR count). The molecule has 1 aliphatic heterocycles. The third-order valence-corrected chi connectivity index (χ3v) is 1.95. The van der Waals surface area contributed by atoms with E-state index in [0.717, 1.165) is 11.3 Å². The van der Waals surface area contributed by atoms with Crippen molar-refractivity contribution >= 4 is 17.8 Å². The molecule has 0 spiro atoms. The maximum Gasteiger partial charge on any atom is 0.246 e. The molecule has 1 aromatic rings. The number of carbonyl (C=O) groups is 1. The van der Waals surface area contributed by atoms with E-state index in [9.17, 15) is 4.79 Å². The van der Waals surface area contributed by atoms with Crippen LogP contribution in [0.3, 0.4) is 0 Å². The summed E-state index contributed by atoms with van der Waals surface area (Å²) in [6, 6.07) is 5.88. The van der Waals surface area contributed by atoms with E-state index < -0.39 is 0 Å². The van der Waals surface area contributed by atoms with Crippen molar-refractivity contribution in [2.24, 2.45) is 4.99 Å². The Hall–Kier alpha value is -1.64. The molecule has 13 heavy (non-hydrogen) atoms. The summed E-state index contributed by atoms with van der Waals surface area (Å²) in [5, 5.41) is 2.79. The fourth-order valence-corrected chi connectivity index (χ4v) is 1.32. The van der Waals surface area contributed by atoms with Gasteiger partial charge in [0.15, 0.2) is 0 Å². The molecule has 0 aromatic heterocycles. The Kier molecular flexibility index (Phi) is 1.85. The highest BCUT2D eigenvalue weighted by atomic mass is 16.1. The van der Waals surface area contributed by atoms with E-state index in [1.807, 2.05) is 25.1 Å². The molecule has 0 saturated heterocycles. The summed E-state index contributed by atoms with van der Waals surface area (Å²) in [4.78, 5) is 15.1. The lowest BCUT2D eigenvalue weighted by Crippen LogP contribution is -2.13. The molecule has 1 amide bonds. The van der Waals surface area contributed by atoms with Crippen LogP contribution in [-0.2, 0) is 4.79 Å².